The molecular weight excluding hydrogens is 200 g/mol. The van der Waals surface area contributed by atoms with Crippen LogP contribution in [-0.2, 0) is 9.84 Å². The molecule has 14 heavy (non-hydrogen) atoms. The van der Waals surface area contributed by atoms with Gasteiger partial charge in [0.15, 0.2) is 9.84 Å². The lowest BCUT2D eigenvalue weighted by molar-refractivity contribution is 0.297. The van der Waals surface area contributed by atoms with Gasteiger partial charge >= 0.3 is 0 Å². The van der Waals surface area contributed by atoms with Crippen molar-refractivity contribution in [1.29, 1.82) is 0 Å². The Kier molecular flexibility index (Phi) is 7.13. The summed E-state index contributed by atoms with van der Waals surface area (Å²) in [6, 6.07) is 0. The second kappa shape index (κ2) is 7.20. The molecule has 2 N–H and O–H groups in total. The Bertz CT molecular complexity index is 221. The summed E-state index contributed by atoms with van der Waals surface area (Å²) >= 11 is 0. The van der Waals surface area contributed by atoms with Gasteiger partial charge in [0.2, 0.25) is 0 Å². The summed E-state index contributed by atoms with van der Waals surface area (Å²) in [6.07, 6.45) is 1.03. The van der Waals surface area contributed by atoms with Gasteiger partial charge in [-0.3, -0.25) is 0 Å². The van der Waals surface area contributed by atoms with Crippen LogP contribution in [0, 0.1) is 0 Å². The zero-order chi connectivity index (χ0) is 11.0. The van der Waals surface area contributed by atoms with E-state index in [2.05, 4.69) is 11.8 Å². The molecule has 0 bridgehead atoms. The number of nitrogens with zero attached hydrogens (tertiary/aromatic N) is 1. The van der Waals surface area contributed by atoms with Gasteiger partial charge in [0.25, 0.3) is 0 Å². The molecule has 0 aromatic rings. The Morgan fingerprint density at radius 1 is 1.14 bits per heavy atom. The average Bonchev–Trinajstić information content (AvgIpc) is 2.15. The lowest BCUT2D eigenvalue weighted by Crippen LogP contribution is -2.34. The molecule has 0 spiro atoms. The van der Waals surface area contributed by atoms with Crippen LogP contribution >= 0.6 is 0 Å². The third kappa shape index (κ3) is 6.34. The summed E-state index contributed by atoms with van der Waals surface area (Å²) in [7, 11) is -2.83. The molecule has 0 amide bonds. The zero-order valence-corrected chi connectivity index (χ0v) is 10.0. The Morgan fingerprint density at radius 3 is 2.21 bits per heavy atom. The normalized spacial score (nSPS) is 12.3. The van der Waals surface area contributed by atoms with Gasteiger partial charge in [-0.05, 0) is 13.0 Å². The first-order chi connectivity index (χ1) is 6.55. The molecule has 0 saturated heterocycles. The van der Waals surface area contributed by atoms with Crippen LogP contribution < -0.4 is 5.73 Å². The van der Waals surface area contributed by atoms with Gasteiger partial charge in [-0.1, -0.05) is 13.8 Å². The molecular formula is C9H22N2O2S. The van der Waals surface area contributed by atoms with Gasteiger partial charge in [-0.25, -0.2) is 8.42 Å². The van der Waals surface area contributed by atoms with Crippen LogP contribution in [0.1, 0.15) is 20.3 Å². The van der Waals surface area contributed by atoms with Crippen molar-refractivity contribution in [3.8, 4) is 0 Å². The molecule has 0 aliphatic heterocycles. The molecule has 0 heterocycles. The first-order valence-corrected chi connectivity index (χ1v) is 7.00. The van der Waals surface area contributed by atoms with E-state index < -0.39 is 9.84 Å². The van der Waals surface area contributed by atoms with E-state index in [0.717, 1.165) is 19.5 Å². The smallest absolute Gasteiger partial charge is 0.151 e. The van der Waals surface area contributed by atoms with Crippen LogP contribution in [0.5, 0.6) is 0 Å². The van der Waals surface area contributed by atoms with Crippen molar-refractivity contribution in [1.82, 2.24) is 4.90 Å². The van der Waals surface area contributed by atoms with Crippen molar-refractivity contribution in [3.05, 3.63) is 0 Å². The highest BCUT2D eigenvalue weighted by Crippen LogP contribution is 1.95. The maximum absolute atomic E-state index is 11.3. The Labute approximate surface area is 87.4 Å². The lowest BCUT2D eigenvalue weighted by atomic mass is 10.4. The second-order valence-electron chi connectivity index (χ2n) is 3.37. The largest absolute Gasteiger partial charge is 0.329 e. The van der Waals surface area contributed by atoms with Crippen molar-refractivity contribution in [2.75, 3.05) is 37.7 Å². The standard InChI is InChI=1S/C9H22N2O2S/c1-3-6-11(7-5-10)8-9-14(12,13)4-2/h3-10H2,1-2H3. The van der Waals surface area contributed by atoms with Crippen molar-refractivity contribution >= 4 is 9.84 Å². The molecule has 0 unspecified atom stereocenters. The average molecular weight is 222 g/mol. The van der Waals surface area contributed by atoms with Gasteiger partial charge in [0.1, 0.15) is 0 Å². The van der Waals surface area contributed by atoms with Gasteiger partial charge in [0, 0.05) is 25.4 Å². The van der Waals surface area contributed by atoms with Crippen LogP contribution in [0.3, 0.4) is 0 Å². The van der Waals surface area contributed by atoms with E-state index in [-0.39, 0.29) is 11.5 Å². The maximum atomic E-state index is 11.3. The van der Waals surface area contributed by atoms with E-state index in [1.165, 1.54) is 0 Å². The molecule has 0 aliphatic rings. The van der Waals surface area contributed by atoms with Crippen LogP contribution in [0.2, 0.25) is 0 Å². The summed E-state index contributed by atoms with van der Waals surface area (Å²) in [5.41, 5.74) is 5.44. The fraction of sp³-hybridized carbons (Fsp3) is 1.00. The van der Waals surface area contributed by atoms with E-state index >= 15 is 0 Å². The highest BCUT2D eigenvalue weighted by molar-refractivity contribution is 7.91. The van der Waals surface area contributed by atoms with Gasteiger partial charge in [-0.2, -0.15) is 0 Å². The number of rotatable bonds is 8. The molecule has 0 fully saturated rings. The van der Waals surface area contributed by atoms with E-state index in [1.54, 1.807) is 6.92 Å². The second-order valence-corrected chi connectivity index (χ2v) is 5.84. The maximum Gasteiger partial charge on any atom is 0.151 e. The summed E-state index contributed by atoms with van der Waals surface area (Å²) in [4.78, 5) is 2.10. The quantitative estimate of drug-likeness (QED) is 0.632. The Balaban J connectivity index is 3.92. The van der Waals surface area contributed by atoms with Gasteiger partial charge in [0.05, 0.1) is 5.75 Å². The lowest BCUT2D eigenvalue weighted by Gasteiger charge is -2.20. The fourth-order valence-corrected chi connectivity index (χ4v) is 2.07. The molecule has 0 aliphatic carbocycles. The summed E-state index contributed by atoms with van der Waals surface area (Å²) in [6.45, 7) is 6.68. The summed E-state index contributed by atoms with van der Waals surface area (Å²) in [5.74, 6) is 0.485. The van der Waals surface area contributed by atoms with Crippen LogP contribution in [0.25, 0.3) is 0 Å². The van der Waals surface area contributed by atoms with Gasteiger partial charge < -0.3 is 10.6 Å². The minimum atomic E-state index is -2.83. The minimum absolute atomic E-state index is 0.232. The molecule has 0 rings (SSSR count). The number of hydrogen-bond acceptors (Lipinski definition) is 4. The molecule has 0 aromatic carbocycles. The highest BCUT2D eigenvalue weighted by atomic mass is 32.2. The van der Waals surface area contributed by atoms with Crippen molar-refractivity contribution in [2.45, 2.75) is 20.3 Å². The number of sulfone groups is 1. The van der Waals surface area contributed by atoms with E-state index in [9.17, 15) is 8.42 Å². The zero-order valence-electron chi connectivity index (χ0n) is 9.20. The highest BCUT2D eigenvalue weighted by Gasteiger charge is 2.10. The molecule has 86 valence electrons. The van der Waals surface area contributed by atoms with Crippen LogP contribution in [0.15, 0.2) is 0 Å². The molecule has 0 aromatic heterocycles. The van der Waals surface area contributed by atoms with Crippen molar-refractivity contribution < 1.29 is 8.42 Å². The molecule has 0 radical (unpaired) electrons. The topological polar surface area (TPSA) is 63.4 Å². The first-order valence-electron chi connectivity index (χ1n) is 5.18. The third-order valence-electron chi connectivity index (χ3n) is 2.14. The predicted octanol–water partition coefficient (Wildman–Crippen LogP) is 0.0918. The summed E-state index contributed by atoms with van der Waals surface area (Å²) in [5, 5.41) is 0. The van der Waals surface area contributed by atoms with Crippen molar-refractivity contribution in [2.24, 2.45) is 5.73 Å². The fourth-order valence-electron chi connectivity index (χ4n) is 1.25. The molecule has 0 atom stereocenters. The number of hydrogen-bond donors (Lipinski definition) is 1. The minimum Gasteiger partial charge on any atom is -0.329 e. The molecule has 0 saturated carbocycles. The van der Waals surface area contributed by atoms with E-state index in [4.69, 9.17) is 5.73 Å². The molecule has 4 nitrogen and oxygen atoms in total. The molecule has 5 heteroatoms. The summed E-state index contributed by atoms with van der Waals surface area (Å²) < 4.78 is 22.5. The third-order valence-corrected chi connectivity index (χ3v) is 3.83. The Morgan fingerprint density at radius 2 is 1.79 bits per heavy atom. The number of nitrogens with two attached hydrogens (primary N) is 1. The predicted molar refractivity (Wildman–Crippen MR) is 60.1 cm³/mol. The van der Waals surface area contributed by atoms with Crippen molar-refractivity contribution in [3.63, 3.8) is 0 Å². The van der Waals surface area contributed by atoms with Crippen LogP contribution in [0.4, 0.5) is 0 Å². The van der Waals surface area contributed by atoms with Gasteiger partial charge in [-0.15, -0.1) is 0 Å². The van der Waals surface area contributed by atoms with E-state index in [0.29, 0.717) is 13.1 Å². The van der Waals surface area contributed by atoms with E-state index in [1.807, 2.05) is 0 Å². The van der Waals surface area contributed by atoms with Crippen LogP contribution in [-0.4, -0.2) is 51.0 Å². The Hall–Kier alpha value is -0.130. The monoisotopic (exact) mass is 222 g/mol. The first kappa shape index (κ1) is 13.9. The SMILES string of the molecule is CCCN(CCN)CCS(=O)(=O)CC.